The number of rotatable bonds is 0. The van der Waals surface area contributed by atoms with Crippen molar-refractivity contribution in [1.82, 2.24) is 0 Å². The van der Waals surface area contributed by atoms with Crippen molar-refractivity contribution < 1.29 is 0 Å². The number of aryl methyl sites for hydroxylation is 1. The summed E-state index contributed by atoms with van der Waals surface area (Å²) >= 11 is 0. The molecule has 19 heavy (non-hydrogen) atoms. The Morgan fingerprint density at radius 3 is 2.68 bits per heavy atom. The van der Waals surface area contributed by atoms with E-state index in [-0.39, 0.29) is 0 Å². The summed E-state index contributed by atoms with van der Waals surface area (Å²) in [4.78, 5) is 0. The molecule has 0 radical (unpaired) electrons. The zero-order valence-corrected chi connectivity index (χ0v) is 11.0. The minimum Gasteiger partial charge on any atom is -0.0616 e. The molecule has 1 aliphatic rings. The summed E-state index contributed by atoms with van der Waals surface area (Å²) in [6.07, 6.45) is 3.37. The van der Waals surface area contributed by atoms with Gasteiger partial charge in [-0.05, 0) is 42.1 Å². The Bertz CT molecular complexity index is 781. The van der Waals surface area contributed by atoms with Gasteiger partial charge in [-0.2, -0.15) is 0 Å². The first-order chi connectivity index (χ1) is 9.31. The number of hydrogen-bond donors (Lipinski definition) is 0. The van der Waals surface area contributed by atoms with Gasteiger partial charge in [0.25, 0.3) is 0 Å². The molecule has 0 bridgehead atoms. The summed E-state index contributed by atoms with van der Waals surface area (Å²) in [5, 5.41) is 2.73. The molecule has 0 N–H and O–H groups in total. The average molecular weight is 243 g/mol. The van der Waals surface area contributed by atoms with Crippen molar-refractivity contribution >= 4 is 10.8 Å². The molecule has 0 saturated heterocycles. The molecule has 90 valence electrons. The third-order valence-electron chi connectivity index (χ3n) is 4.05. The molecular weight excluding hydrogens is 228 g/mol. The van der Waals surface area contributed by atoms with Crippen molar-refractivity contribution in [2.24, 2.45) is 0 Å². The number of fused-ring (bicyclic) bond motifs is 4. The second-order valence-electron chi connectivity index (χ2n) is 5.38. The highest BCUT2D eigenvalue weighted by molar-refractivity contribution is 5.88. The van der Waals surface area contributed by atoms with E-state index in [9.17, 15) is 0 Å². The van der Waals surface area contributed by atoms with Gasteiger partial charge in [0.1, 0.15) is 0 Å². The van der Waals surface area contributed by atoms with Crippen molar-refractivity contribution in [3.8, 4) is 0 Å². The summed E-state index contributed by atoms with van der Waals surface area (Å²) in [6, 6.07) is 19.9. The normalized spacial score (nSPS) is 12.7. The minimum absolute atomic E-state index is 1.05. The van der Waals surface area contributed by atoms with Gasteiger partial charge in [-0.1, -0.05) is 18.2 Å². The van der Waals surface area contributed by atoms with Crippen LogP contribution < -0.4 is 0 Å². The van der Waals surface area contributed by atoms with E-state index < -0.39 is 0 Å². The van der Waals surface area contributed by atoms with E-state index >= 15 is 0 Å². The predicted molar refractivity (Wildman–Crippen MR) is 80.4 cm³/mol. The first-order valence-electron chi connectivity index (χ1n) is 6.76. The Hall–Kier alpha value is -2.21. The summed E-state index contributed by atoms with van der Waals surface area (Å²) in [7, 11) is 0. The van der Waals surface area contributed by atoms with E-state index in [0.717, 1.165) is 6.42 Å². The molecule has 3 aromatic rings. The largest absolute Gasteiger partial charge is 0.0773 e. The molecule has 1 aliphatic carbocycles. The van der Waals surface area contributed by atoms with E-state index in [4.69, 9.17) is 0 Å². The molecule has 0 heterocycles. The highest BCUT2D eigenvalue weighted by atomic mass is 14.2. The lowest BCUT2D eigenvalue weighted by molar-refractivity contribution is 1.11. The molecule has 0 fully saturated rings. The van der Waals surface area contributed by atoms with Crippen molar-refractivity contribution in [1.29, 1.82) is 0 Å². The quantitative estimate of drug-likeness (QED) is 0.394. The van der Waals surface area contributed by atoms with Crippen LogP contribution in [0.4, 0.5) is 0 Å². The fraction of sp³-hybridized carbons (Fsp3) is 0.105. The van der Waals surface area contributed by atoms with Crippen LogP contribution in [0.15, 0.2) is 54.6 Å². The van der Waals surface area contributed by atoms with Gasteiger partial charge in [0.2, 0.25) is 0 Å². The third kappa shape index (κ3) is 1.64. The Labute approximate surface area is 113 Å². The van der Waals surface area contributed by atoms with Gasteiger partial charge in [0, 0.05) is 35.1 Å². The van der Waals surface area contributed by atoms with E-state index in [0.29, 0.717) is 0 Å². The smallest absolute Gasteiger partial charge is 0.0616 e. The number of benzene rings is 3. The molecule has 0 amide bonds. The molecular formula is C19H15+. The molecule has 0 atom stereocenters. The molecule has 0 spiro atoms. The lowest BCUT2D eigenvalue weighted by atomic mass is 9.83. The highest BCUT2D eigenvalue weighted by Crippen LogP contribution is 2.33. The molecule has 3 aromatic carbocycles. The van der Waals surface area contributed by atoms with Gasteiger partial charge in [-0.25, -0.2) is 0 Å². The van der Waals surface area contributed by atoms with Crippen LogP contribution in [0.5, 0.6) is 0 Å². The van der Waals surface area contributed by atoms with E-state index in [1.54, 1.807) is 0 Å². The van der Waals surface area contributed by atoms with E-state index in [1.165, 1.54) is 38.6 Å². The maximum Gasteiger partial charge on any atom is 0.0773 e. The highest BCUT2D eigenvalue weighted by Gasteiger charge is 2.23. The SMILES string of the molecule is Cc1ccc2c(c1)Cc1c(ccc3ccccc13)[CH+]2. The van der Waals surface area contributed by atoms with Gasteiger partial charge in [-0.15, -0.1) is 0 Å². The molecule has 0 saturated carbocycles. The Morgan fingerprint density at radius 2 is 1.74 bits per heavy atom. The van der Waals surface area contributed by atoms with Crippen LogP contribution in [0.2, 0.25) is 0 Å². The van der Waals surface area contributed by atoms with Gasteiger partial charge in [0.15, 0.2) is 0 Å². The summed E-state index contributed by atoms with van der Waals surface area (Å²) < 4.78 is 0. The zero-order chi connectivity index (χ0) is 12.8. The summed E-state index contributed by atoms with van der Waals surface area (Å²) in [5.41, 5.74) is 7.00. The van der Waals surface area contributed by atoms with E-state index in [1.807, 2.05) is 0 Å². The predicted octanol–water partition coefficient (Wildman–Crippen LogP) is 4.65. The Kier molecular flexibility index (Phi) is 2.19. The summed E-state index contributed by atoms with van der Waals surface area (Å²) in [6.45, 7) is 2.17. The third-order valence-corrected chi connectivity index (χ3v) is 4.05. The second kappa shape index (κ2) is 3.89. The topological polar surface area (TPSA) is 0 Å². The van der Waals surface area contributed by atoms with Crippen LogP contribution in [0.1, 0.15) is 27.8 Å². The first-order valence-corrected chi connectivity index (χ1v) is 6.76. The maximum absolute atomic E-state index is 2.32. The zero-order valence-electron chi connectivity index (χ0n) is 11.0. The first kappa shape index (κ1) is 10.7. The second-order valence-corrected chi connectivity index (χ2v) is 5.38. The van der Waals surface area contributed by atoms with Crippen LogP contribution in [0, 0.1) is 13.3 Å². The Morgan fingerprint density at radius 1 is 0.895 bits per heavy atom. The lowest BCUT2D eigenvalue weighted by Gasteiger charge is -2.15. The van der Waals surface area contributed by atoms with Crippen LogP contribution >= 0.6 is 0 Å². The van der Waals surface area contributed by atoms with Crippen LogP contribution in [-0.2, 0) is 6.42 Å². The molecule has 0 nitrogen and oxygen atoms in total. The van der Waals surface area contributed by atoms with Gasteiger partial charge in [-0.3, -0.25) is 0 Å². The molecule has 0 aromatic heterocycles. The van der Waals surface area contributed by atoms with E-state index in [2.05, 4.69) is 67.9 Å². The van der Waals surface area contributed by atoms with Crippen molar-refractivity contribution in [2.45, 2.75) is 13.3 Å². The average Bonchev–Trinajstić information content (AvgIpc) is 2.45. The fourth-order valence-electron chi connectivity index (χ4n) is 3.07. The molecule has 0 aliphatic heterocycles. The lowest BCUT2D eigenvalue weighted by Crippen LogP contribution is -2.06. The Balaban J connectivity index is 1.95. The maximum atomic E-state index is 2.32. The molecule has 0 unspecified atom stereocenters. The summed E-state index contributed by atoms with van der Waals surface area (Å²) in [5.74, 6) is 0. The standard InChI is InChI=1S/C19H15/c1-13-6-7-15-11-16-9-8-14-4-2-3-5-18(14)19(16)12-17(15)10-13/h2-11H,12H2,1H3/q+1. The van der Waals surface area contributed by atoms with Crippen LogP contribution in [-0.4, -0.2) is 0 Å². The van der Waals surface area contributed by atoms with Crippen molar-refractivity contribution in [3.63, 3.8) is 0 Å². The molecule has 0 heteroatoms. The van der Waals surface area contributed by atoms with Crippen LogP contribution in [0.25, 0.3) is 10.8 Å². The van der Waals surface area contributed by atoms with Crippen molar-refractivity contribution in [2.75, 3.05) is 0 Å². The van der Waals surface area contributed by atoms with Gasteiger partial charge >= 0.3 is 0 Å². The van der Waals surface area contributed by atoms with Gasteiger partial charge in [0.05, 0.1) is 17.5 Å². The fourth-order valence-corrected chi connectivity index (χ4v) is 3.07. The van der Waals surface area contributed by atoms with Crippen molar-refractivity contribution in [3.05, 3.63) is 88.8 Å². The monoisotopic (exact) mass is 243 g/mol. The minimum atomic E-state index is 1.05. The molecule has 4 rings (SSSR count). The van der Waals surface area contributed by atoms with Crippen LogP contribution in [0.3, 0.4) is 0 Å². The van der Waals surface area contributed by atoms with Gasteiger partial charge < -0.3 is 0 Å². The number of hydrogen-bond acceptors (Lipinski definition) is 0.